The molecular weight excluding hydrogens is 374 g/mol. The van der Waals surface area contributed by atoms with Crippen molar-refractivity contribution in [2.24, 2.45) is 0 Å². The Morgan fingerprint density at radius 3 is 2.54 bits per heavy atom. The molecule has 3 rings (SSSR count). The summed E-state index contributed by atoms with van der Waals surface area (Å²) in [5.74, 6) is -0.200. The highest BCUT2D eigenvalue weighted by molar-refractivity contribution is 7.92. The van der Waals surface area contributed by atoms with Gasteiger partial charge in [-0.3, -0.25) is 9.52 Å². The van der Waals surface area contributed by atoms with E-state index in [4.69, 9.17) is 0 Å². The normalized spacial score (nSPS) is 17.0. The van der Waals surface area contributed by atoms with Crippen LogP contribution in [0.5, 0.6) is 0 Å². The number of benzene rings is 2. The molecule has 1 atom stereocenters. The van der Waals surface area contributed by atoms with E-state index in [1.807, 2.05) is 0 Å². The van der Waals surface area contributed by atoms with E-state index < -0.39 is 10.0 Å². The monoisotopic (exact) mass is 395 g/mol. The van der Waals surface area contributed by atoms with E-state index in [0.29, 0.717) is 11.3 Å². The molecule has 0 spiro atoms. The van der Waals surface area contributed by atoms with Crippen molar-refractivity contribution >= 4 is 34.0 Å². The van der Waals surface area contributed by atoms with Gasteiger partial charge in [-0.25, -0.2) is 8.42 Å². The summed E-state index contributed by atoms with van der Waals surface area (Å²) in [6, 6.07) is 14.7. The Kier molecular flexibility index (Phi) is 7.02. The lowest BCUT2D eigenvalue weighted by Crippen LogP contribution is -2.45. The zero-order chi connectivity index (χ0) is 17.7. The van der Waals surface area contributed by atoms with E-state index in [2.05, 4.69) is 15.4 Å². The summed E-state index contributed by atoms with van der Waals surface area (Å²) in [5.41, 5.74) is 0.789. The highest BCUT2D eigenvalue weighted by Gasteiger charge is 2.18. The van der Waals surface area contributed by atoms with Crippen molar-refractivity contribution in [2.75, 3.05) is 17.8 Å². The second kappa shape index (κ2) is 9.02. The van der Waals surface area contributed by atoms with Crippen molar-refractivity contribution in [1.29, 1.82) is 0 Å². The van der Waals surface area contributed by atoms with Gasteiger partial charge in [0.1, 0.15) is 0 Å². The predicted molar refractivity (Wildman–Crippen MR) is 104 cm³/mol. The lowest BCUT2D eigenvalue weighted by molar-refractivity contribution is 0.0930. The van der Waals surface area contributed by atoms with Crippen molar-refractivity contribution in [3.05, 3.63) is 60.2 Å². The largest absolute Gasteiger partial charge is 0.348 e. The first-order valence-electron chi connectivity index (χ1n) is 8.24. The minimum atomic E-state index is -3.67. The average molecular weight is 396 g/mol. The molecule has 6 nitrogen and oxygen atoms in total. The minimum absolute atomic E-state index is 0. The van der Waals surface area contributed by atoms with E-state index in [1.165, 1.54) is 12.1 Å². The number of halogens is 1. The Labute approximate surface area is 159 Å². The van der Waals surface area contributed by atoms with Gasteiger partial charge in [-0.15, -0.1) is 12.4 Å². The first-order valence-corrected chi connectivity index (χ1v) is 9.72. The van der Waals surface area contributed by atoms with Crippen LogP contribution in [0, 0.1) is 0 Å². The number of amides is 1. The molecule has 1 amide bonds. The van der Waals surface area contributed by atoms with Gasteiger partial charge in [0.25, 0.3) is 15.9 Å². The van der Waals surface area contributed by atoms with E-state index in [0.717, 1.165) is 25.9 Å². The van der Waals surface area contributed by atoms with Crippen LogP contribution in [0.4, 0.5) is 5.69 Å². The number of nitrogens with one attached hydrogen (secondary N) is 3. The van der Waals surface area contributed by atoms with Crippen molar-refractivity contribution < 1.29 is 13.2 Å². The summed E-state index contributed by atoms with van der Waals surface area (Å²) in [6.45, 7) is 1.73. The van der Waals surface area contributed by atoms with Crippen molar-refractivity contribution in [3.8, 4) is 0 Å². The van der Waals surface area contributed by atoms with Crippen LogP contribution in [0.3, 0.4) is 0 Å². The molecule has 8 heteroatoms. The number of hydrogen-bond acceptors (Lipinski definition) is 4. The fraction of sp³-hybridized carbons (Fsp3) is 0.278. The molecular formula is C18H22ClN3O3S. The first kappa shape index (κ1) is 20.2. The zero-order valence-electron chi connectivity index (χ0n) is 14.1. The molecule has 1 heterocycles. The number of piperidine rings is 1. The Morgan fingerprint density at radius 2 is 1.85 bits per heavy atom. The molecule has 1 aliphatic heterocycles. The predicted octanol–water partition coefficient (Wildman–Crippen LogP) is 2.39. The van der Waals surface area contributed by atoms with Gasteiger partial charge < -0.3 is 10.6 Å². The van der Waals surface area contributed by atoms with Crippen molar-refractivity contribution in [2.45, 2.75) is 23.8 Å². The molecule has 26 heavy (non-hydrogen) atoms. The number of carbonyl (C=O) groups is 1. The molecule has 3 N–H and O–H groups in total. The number of anilines is 1. The highest BCUT2D eigenvalue weighted by atomic mass is 35.5. The van der Waals surface area contributed by atoms with Crippen LogP contribution in [0.15, 0.2) is 59.5 Å². The van der Waals surface area contributed by atoms with Gasteiger partial charge in [0.05, 0.1) is 4.90 Å². The van der Waals surface area contributed by atoms with Crippen LogP contribution in [0.1, 0.15) is 23.2 Å². The van der Waals surface area contributed by atoms with Gasteiger partial charge in [-0.05, 0) is 49.7 Å². The van der Waals surface area contributed by atoms with Gasteiger partial charge >= 0.3 is 0 Å². The second-order valence-electron chi connectivity index (χ2n) is 6.02. The van der Waals surface area contributed by atoms with Crippen LogP contribution in [-0.2, 0) is 10.0 Å². The maximum Gasteiger partial charge on any atom is 0.261 e. The quantitative estimate of drug-likeness (QED) is 0.725. The molecule has 1 saturated heterocycles. The second-order valence-corrected chi connectivity index (χ2v) is 7.70. The third-order valence-corrected chi connectivity index (χ3v) is 5.46. The average Bonchev–Trinajstić information content (AvgIpc) is 2.63. The summed E-state index contributed by atoms with van der Waals surface area (Å²) in [7, 11) is -3.67. The molecule has 1 fully saturated rings. The summed E-state index contributed by atoms with van der Waals surface area (Å²) < 4.78 is 27.3. The van der Waals surface area contributed by atoms with Gasteiger partial charge in [0.15, 0.2) is 0 Å². The number of carbonyl (C=O) groups excluding carboxylic acids is 1. The lowest BCUT2D eigenvalue weighted by atomic mass is 10.1. The van der Waals surface area contributed by atoms with Crippen LogP contribution < -0.4 is 15.4 Å². The Hall–Kier alpha value is -2.09. The smallest absolute Gasteiger partial charge is 0.261 e. The standard InChI is InChI=1S/C18H21N3O3S.ClH/c22-18(20-16-8-5-11-19-13-16)14-6-4-7-15(12-14)21-25(23,24)17-9-2-1-3-10-17;/h1-4,6-7,9-10,12,16,19,21H,5,8,11,13H2,(H,20,22);1H/t16-;/m0./s1. The van der Waals surface area contributed by atoms with E-state index >= 15 is 0 Å². The molecule has 2 aromatic rings. The molecule has 2 aromatic carbocycles. The fourth-order valence-corrected chi connectivity index (χ4v) is 3.85. The van der Waals surface area contributed by atoms with Gasteiger partial charge in [0.2, 0.25) is 0 Å². The van der Waals surface area contributed by atoms with Crippen LogP contribution in [0.25, 0.3) is 0 Å². The summed E-state index contributed by atoms with van der Waals surface area (Å²) >= 11 is 0. The molecule has 0 unspecified atom stereocenters. The lowest BCUT2D eigenvalue weighted by Gasteiger charge is -2.23. The van der Waals surface area contributed by atoms with Gasteiger partial charge in [0, 0.05) is 23.8 Å². The molecule has 1 aliphatic rings. The summed E-state index contributed by atoms with van der Waals surface area (Å²) in [4.78, 5) is 12.6. The van der Waals surface area contributed by atoms with Crippen LogP contribution in [-0.4, -0.2) is 33.5 Å². The zero-order valence-corrected chi connectivity index (χ0v) is 15.8. The molecule has 140 valence electrons. The third kappa shape index (κ3) is 5.20. The number of rotatable bonds is 5. The number of hydrogen-bond donors (Lipinski definition) is 3. The topological polar surface area (TPSA) is 87.3 Å². The van der Waals surface area contributed by atoms with Crippen LogP contribution >= 0.6 is 12.4 Å². The fourth-order valence-electron chi connectivity index (χ4n) is 2.78. The SMILES string of the molecule is Cl.O=C(N[C@H]1CCCNC1)c1cccc(NS(=O)(=O)c2ccccc2)c1. The van der Waals surface area contributed by atoms with Gasteiger partial charge in [-0.2, -0.15) is 0 Å². The van der Waals surface area contributed by atoms with Gasteiger partial charge in [-0.1, -0.05) is 24.3 Å². The molecule has 0 aromatic heterocycles. The van der Waals surface area contributed by atoms with E-state index in [9.17, 15) is 13.2 Å². The van der Waals surface area contributed by atoms with E-state index in [1.54, 1.807) is 42.5 Å². The summed E-state index contributed by atoms with van der Waals surface area (Å²) in [5, 5.41) is 6.22. The van der Waals surface area contributed by atoms with Crippen molar-refractivity contribution in [1.82, 2.24) is 10.6 Å². The highest BCUT2D eigenvalue weighted by Crippen LogP contribution is 2.17. The van der Waals surface area contributed by atoms with Crippen LogP contribution in [0.2, 0.25) is 0 Å². The number of sulfonamides is 1. The molecule has 0 aliphatic carbocycles. The third-order valence-electron chi connectivity index (χ3n) is 4.06. The Balaban J connectivity index is 0.00000243. The maximum absolute atomic E-state index is 12.4. The maximum atomic E-state index is 12.4. The first-order chi connectivity index (χ1) is 12.0. The molecule has 0 saturated carbocycles. The van der Waals surface area contributed by atoms with Crippen molar-refractivity contribution in [3.63, 3.8) is 0 Å². The Bertz CT molecular complexity index is 838. The Morgan fingerprint density at radius 1 is 1.08 bits per heavy atom. The van der Waals surface area contributed by atoms with E-state index in [-0.39, 0.29) is 29.3 Å². The summed E-state index contributed by atoms with van der Waals surface area (Å²) in [6.07, 6.45) is 1.97. The molecule has 0 bridgehead atoms. The minimum Gasteiger partial charge on any atom is -0.348 e. The molecule has 0 radical (unpaired) electrons.